The normalized spacial score (nSPS) is 19.2. The van der Waals surface area contributed by atoms with Crippen LogP contribution in [-0.2, 0) is 10.3 Å². The summed E-state index contributed by atoms with van der Waals surface area (Å²) in [6.45, 7) is 4.15. The van der Waals surface area contributed by atoms with Crippen molar-refractivity contribution in [2.75, 3.05) is 32.7 Å². The van der Waals surface area contributed by atoms with E-state index in [0.717, 1.165) is 5.56 Å². The van der Waals surface area contributed by atoms with Crippen molar-refractivity contribution in [3.8, 4) is 0 Å². The number of likely N-dealkylation sites (tertiary alicyclic amines) is 1. The molecule has 9 heteroatoms. The number of rotatable bonds is 6. The van der Waals surface area contributed by atoms with E-state index in [1.807, 2.05) is 30.3 Å². The number of nitrogens with zero attached hydrogens (tertiary/aromatic N) is 2. The quantitative estimate of drug-likeness (QED) is 0.753. The van der Waals surface area contributed by atoms with Crippen molar-refractivity contribution in [1.29, 1.82) is 0 Å². The van der Waals surface area contributed by atoms with Gasteiger partial charge < -0.3 is 10.6 Å². The lowest BCUT2D eigenvalue weighted by Gasteiger charge is -2.30. The summed E-state index contributed by atoms with van der Waals surface area (Å²) in [5.74, 6) is -0.141. The first-order valence-electron chi connectivity index (χ1n) is 8.56. The molecule has 2 unspecified atom stereocenters. The van der Waals surface area contributed by atoms with Gasteiger partial charge in [-0.3, -0.25) is 9.69 Å². The molecule has 2 N–H and O–H groups in total. The summed E-state index contributed by atoms with van der Waals surface area (Å²) in [5, 5.41) is 0. The number of halogens is 5. The fourth-order valence-corrected chi connectivity index (χ4v) is 3.33. The Kier molecular flexibility index (Phi) is 10.1. The lowest BCUT2D eigenvalue weighted by Crippen LogP contribution is -2.50. The molecule has 156 valence electrons. The van der Waals surface area contributed by atoms with Crippen molar-refractivity contribution in [3.63, 3.8) is 0 Å². The van der Waals surface area contributed by atoms with Gasteiger partial charge in [-0.15, -0.1) is 24.8 Å². The second kappa shape index (κ2) is 10.5. The van der Waals surface area contributed by atoms with Crippen molar-refractivity contribution >= 4 is 30.7 Å². The number of hydrogen-bond donors (Lipinski definition) is 1. The molecule has 1 aromatic rings. The smallest absolute Gasteiger partial charge is 0.340 e. The molecule has 1 saturated heterocycles. The van der Waals surface area contributed by atoms with Crippen molar-refractivity contribution < 1.29 is 18.0 Å². The molecular weight excluding hydrogens is 402 g/mol. The Morgan fingerprint density at radius 3 is 2.37 bits per heavy atom. The minimum absolute atomic E-state index is 0. The number of amides is 1. The zero-order valence-electron chi connectivity index (χ0n) is 15.5. The Labute approximate surface area is 171 Å². The fourth-order valence-electron chi connectivity index (χ4n) is 3.33. The van der Waals surface area contributed by atoms with Crippen LogP contribution in [0.25, 0.3) is 0 Å². The van der Waals surface area contributed by atoms with Gasteiger partial charge in [-0.25, -0.2) is 0 Å². The molecule has 1 aromatic carbocycles. The number of hydrogen-bond acceptors (Lipinski definition) is 3. The Morgan fingerprint density at radius 1 is 1.26 bits per heavy atom. The van der Waals surface area contributed by atoms with Gasteiger partial charge in [0.1, 0.15) is 5.54 Å². The van der Waals surface area contributed by atoms with Crippen LogP contribution in [0.15, 0.2) is 30.3 Å². The Bertz CT molecular complexity index is 585. The van der Waals surface area contributed by atoms with Gasteiger partial charge in [-0.05, 0) is 31.4 Å². The fraction of sp³-hybridized carbons (Fsp3) is 0.611. The highest BCUT2D eigenvalue weighted by Crippen LogP contribution is 2.26. The lowest BCUT2D eigenvalue weighted by molar-refractivity contribution is -0.147. The van der Waals surface area contributed by atoms with Gasteiger partial charge in [0.15, 0.2) is 0 Å². The minimum atomic E-state index is -4.20. The van der Waals surface area contributed by atoms with Crippen LogP contribution >= 0.6 is 24.8 Å². The molecule has 1 aliphatic heterocycles. The van der Waals surface area contributed by atoms with E-state index in [-0.39, 0.29) is 36.6 Å². The Balaban J connectivity index is 0.00000338. The predicted octanol–water partition coefficient (Wildman–Crippen LogP) is 3.44. The summed E-state index contributed by atoms with van der Waals surface area (Å²) < 4.78 is 37.8. The van der Waals surface area contributed by atoms with Gasteiger partial charge in [-0.2, -0.15) is 13.2 Å². The molecule has 0 radical (unpaired) electrons. The molecule has 27 heavy (non-hydrogen) atoms. The molecule has 4 nitrogen and oxygen atoms in total. The summed E-state index contributed by atoms with van der Waals surface area (Å²) in [7, 11) is 0. The molecular formula is C18H28Cl2F3N3O. The highest BCUT2D eigenvalue weighted by Gasteiger charge is 2.38. The van der Waals surface area contributed by atoms with E-state index >= 15 is 0 Å². The first-order chi connectivity index (χ1) is 11.6. The van der Waals surface area contributed by atoms with E-state index in [1.54, 1.807) is 18.7 Å². The second-order valence-electron chi connectivity index (χ2n) is 6.92. The maximum absolute atomic E-state index is 12.8. The SMILES string of the molecule is CCN(CC1CCN(C(=O)C(C)(N)c2ccccc2)C1)CC(F)(F)F.Cl.Cl. The number of carbonyl (C=O) groups is 1. The van der Waals surface area contributed by atoms with Crippen LogP contribution in [-0.4, -0.2) is 54.6 Å². The molecule has 0 bridgehead atoms. The summed E-state index contributed by atoms with van der Waals surface area (Å²) in [6.07, 6.45) is -3.50. The monoisotopic (exact) mass is 429 g/mol. The third-order valence-electron chi connectivity index (χ3n) is 4.76. The number of nitrogens with two attached hydrogens (primary N) is 1. The molecule has 0 spiro atoms. The standard InChI is InChI=1S/C18H26F3N3O.2ClH/c1-3-23(13-18(19,20)21)11-14-9-10-24(12-14)16(25)17(2,22)15-7-5-4-6-8-15;;/h4-8,14H,3,9-13,22H2,1-2H3;2*1H. The molecule has 1 amide bonds. The van der Waals surface area contributed by atoms with E-state index in [2.05, 4.69) is 0 Å². The van der Waals surface area contributed by atoms with Gasteiger partial charge in [0, 0.05) is 19.6 Å². The topological polar surface area (TPSA) is 49.6 Å². The molecule has 2 rings (SSSR count). The third-order valence-corrected chi connectivity index (χ3v) is 4.76. The second-order valence-corrected chi connectivity index (χ2v) is 6.92. The molecule has 1 fully saturated rings. The molecule has 2 atom stereocenters. The van der Waals surface area contributed by atoms with Crippen molar-refractivity contribution in [3.05, 3.63) is 35.9 Å². The lowest BCUT2D eigenvalue weighted by atomic mass is 9.92. The summed E-state index contributed by atoms with van der Waals surface area (Å²) >= 11 is 0. The van der Waals surface area contributed by atoms with Crippen LogP contribution in [0.5, 0.6) is 0 Å². The van der Waals surface area contributed by atoms with Crippen molar-refractivity contribution in [2.45, 2.75) is 32.0 Å². The summed E-state index contributed by atoms with van der Waals surface area (Å²) in [6, 6.07) is 9.14. The molecule has 1 heterocycles. The van der Waals surface area contributed by atoms with Crippen LogP contribution in [0.1, 0.15) is 25.8 Å². The molecule has 0 aromatic heterocycles. The Hall–Kier alpha value is -1.02. The van der Waals surface area contributed by atoms with Crippen LogP contribution in [0.2, 0.25) is 0 Å². The van der Waals surface area contributed by atoms with Gasteiger partial charge in [-0.1, -0.05) is 37.3 Å². The van der Waals surface area contributed by atoms with E-state index in [1.165, 1.54) is 4.90 Å². The first kappa shape index (κ1) is 26.0. The highest BCUT2D eigenvalue weighted by molar-refractivity contribution is 5.87. The molecule has 1 aliphatic rings. The predicted molar refractivity (Wildman–Crippen MR) is 105 cm³/mol. The first-order valence-corrected chi connectivity index (χ1v) is 8.56. The molecule has 0 aliphatic carbocycles. The van der Waals surface area contributed by atoms with Crippen molar-refractivity contribution in [1.82, 2.24) is 9.80 Å². The number of alkyl halides is 3. The van der Waals surface area contributed by atoms with Gasteiger partial charge in [0.05, 0.1) is 6.54 Å². The van der Waals surface area contributed by atoms with E-state index in [0.29, 0.717) is 32.6 Å². The van der Waals surface area contributed by atoms with Crippen LogP contribution in [0.4, 0.5) is 13.2 Å². The van der Waals surface area contributed by atoms with Crippen LogP contribution < -0.4 is 5.73 Å². The zero-order valence-corrected chi connectivity index (χ0v) is 17.2. The Morgan fingerprint density at radius 2 is 1.85 bits per heavy atom. The van der Waals surface area contributed by atoms with E-state index in [4.69, 9.17) is 5.73 Å². The van der Waals surface area contributed by atoms with Gasteiger partial charge >= 0.3 is 6.18 Å². The average molecular weight is 430 g/mol. The summed E-state index contributed by atoms with van der Waals surface area (Å²) in [4.78, 5) is 15.9. The van der Waals surface area contributed by atoms with Gasteiger partial charge in [0.25, 0.3) is 0 Å². The average Bonchev–Trinajstić information content (AvgIpc) is 3.01. The summed E-state index contributed by atoms with van der Waals surface area (Å²) in [5.41, 5.74) is 5.87. The number of carbonyl (C=O) groups excluding carboxylic acids is 1. The number of benzene rings is 1. The van der Waals surface area contributed by atoms with Crippen LogP contribution in [0.3, 0.4) is 0 Å². The highest BCUT2D eigenvalue weighted by atomic mass is 35.5. The van der Waals surface area contributed by atoms with Crippen molar-refractivity contribution in [2.24, 2.45) is 11.7 Å². The third kappa shape index (κ3) is 7.14. The van der Waals surface area contributed by atoms with Crippen LogP contribution in [0, 0.1) is 5.92 Å². The van der Waals surface area contributed by atoms with E-state index in [9.17, 15) is 18.0 Å². The zero-order chi connectivity index (χ0) is 18.7. The minimum Gasteiger partial charge on any atom is -0.340 e. The van der Waals surface area contributed by atoms with Gasteiger partial charge in [0.2, 0.25) is 5.91 Å². The maximum Gasteiger partial charge on any atom is 0.401 e. The van der Waals surface area contributed by atoms with E-state index < -0.39 is 18.3 Å². The maximum atomic E-state index is 12.8. The largest absolute Gasteiger partial charge is 0.401 e. The molecule has 0 saturated carbocycles.